The second kappa shape index (κ2) is 6.79. The van der Waals surface area contributed by atoms with Crippen LogP contribution in [0.5, 0.6) is 0 Å². The van der Waals surface area contributed by atoms with Gasteiger partial charge < -0.3 is 10.1 Å². The van der Waals surface area contributed by atoms with Crippen molar-refractivity contribution in [3.8, 4) is 0 Å². The van der Waals surface area contributed by atoms with Crippen LogP contribution in [0.3, 0.4) is 0 Å². The van der Waals surface area contributed by atoms with Gasteiger partial charge in [0.25, 0.3) is 5.91 Å². The Balaban J connectivity index is 0.000000771. The van der Waals surface area contributed by atoms with Crippen molar-refractivity contribution in [2.45, 2.75) is 32.7 Å². The Morgan fingerprint density at radius 2 is 2.06 bits per heavy atom. The van der Waals surface area contributed by atoms with Crippen LogP contribution >= 0.6 is 0 Å². The number of amides is 1. The summed E-state index contributed by atoms with van der Waals surface area (Å²) >= 11 is 0. The summed E-state index contributed by atoms with van der Waals surface area (Å²) in [6.45, 7) is 4.00. The number of carbonyl (C=O) groups excluding carboxylic acids is 2. The molecule has 0 bridgehead atoms. The molecule has 0 aliphatic carbocycles. The number of carbonyl (C=O) groups is 2. The van der Waals surface area contributed by atoms with Gasteiger partial charge in [0.1, 0.15) is 0 Å². The van der Waals surface area contributed by atoms with Crippen LogP contribution in [-0.4, -0.2) is 25.0 Å². The first-order valence-electron chi connectivity index (χ1n) is 6.16. The Bertz CT molecular complexity index is 429. The number of rotatable bonds is 2. The molecule has 1 unspecified atom stereocenters. The van der Waals surface area contributed by atoms with Gasteiger partial charge in [-0.15, -0.1) is 0 Å². The molecular weight excluding hydrogens is 230 g/mol. The monoisotopic (exact) mass is 249 g/mol. The Labute approximate surface area is 107 Å². The summed E-state index contributed by atoms with van der Waals surface area (Å²) in [6.07, 6.45) is 0.896. The standard InChI is InChI=1S/C12H13NO3.C2H6/c1-16-11(14)7-9-6-8-4-2-3-5-10(8)12(15)13-9;1-2/h2-5,9H,6-7H2,1H3,(H,13,15);1-2H3. The Hall–Kier alpha value is -1.84. The third kappa shape index (κ3) is 3.32. The van der Waals surface area contributed by atoms with Crippen molar-refractivity contribution in [2.24, 2.45) is 0 Å². The first-order valence-corrected chi connectivity index (χ1v) is 6.16. The zero-order valence-electron chi connectivity index (χ0n) is 11.0. The van der Waals surface area contributed by atoms with Crippen LogP contribution in [0.2, 0.25) is 0 Å². The molecule has 0 fully saturated rings. The van der Waals surface area contributed by atoms with Crippen molar-refractivity contribution in [1.29, 1.82) is 0 Å². The lowest BCUT2D eigenvalue weighted by molar-refractivity contribution is -0.141. The van der Waals surface area contributed by atoms with E-state index < -0.39 is 0 Å². The zero-order valence-corrected chi connectivity index (χ0v) is 11.0. The van der Waals surface area contributed by atoms with E-state index in [9.17, 15) is 9.59 Å². The van der Waals surface area contributed by atoms with Gasteiger partial charge in [0, 0.05) is 11.6 Å². The van der Waals surface area contributed by atoms with Gasteiger partial charge in [-0.25, -0.2) is 0 Å². The third-order valence-corrected chi connectivity index (χ3v) is 2.70. The van der Waals surface area contributed by atoms with Crippen LogP contribution in [0.25, 0.3) is 0 Å². The van der Waals surface area contributed by atoms with Crippen molar-refractivity contribution >= 4 is 11.9 Å². The molecule has 1 aromatic carbocycles. The van der Waals surface area contributed by atoms with Crippen molar-refractivity contribution in [3.05, 3.63) is 35.4 Å². The molecule has 1 aliphatic rings. The second-order valence-corrected chi connectivity index (χ2v) is 3.81. The molecule has 1 atom stereocenters. The summed E-state index contributed by atoms with van der Waals surface area (Å²) in [4.78, 5) is 22.8. The maximum Gasteiger partial charge on any atom is 0.307 e. The predicted molar refractivity (Wildman–Crippen MR) is 69.4 cm³/mol. The van der Waals surface area contributed by atoms with Crippen LogP contribution in [0, 0.1) is 0 Å². The van der Waals surface area contributed by atoms with E-state index in [-0.39, 0.29) is 24.3 Å². The number of benzene rings is 1. The lowest BCUT2D eigenvalue weighted by Crippen LogP contribution is -2.42. The summed E-state index contributed by atoms with van der Waals surface area (Å²) in [5, 5.41) is 2.80. The van der Waals surface area contributed by atoms with E-state index in [1.165, 1.54) is 7.11 Å². The zero-order chi connectivity index (χ0) is 13.5. The van der Waals surface area contributed by atoms with Gasteiger partial charge in [0.2, 0.25) is 0 Å². The second-order valence-electron chi connectivity index (χ2n) is 3.81. The highest BCUT2D eigenvalue weighted by Gasteiger charge is 2.25. The number of hydrogen-bond acceptors (Lipinski definition) is 3. The quantitative estimate of drug-likeness (QED) is 0.815. The van der Waals surface area contributed by atoms with Crippen LogP contribution in [0.15, 0.2) is 24.3 Å². The van der Waals surface area contributed by atoms with E-state index >= 15 is 0 Å². The highest BCUT2D eigenvalue weighted by Crippen LogP contribution is 2.17. The Kier molecular flexibility index (Phi) is 5.36. The molecule has 4 heteroatoms. The Morgan fingerprint density at radius 1 is 1.39 bits per heavy atom. The highest BCUT2D eigenvalue weighted by atomic mass is 16.5. The minimum atomic E-state index is -0.301. The summed E-state index contributed by atoms with van der Waals surface area (Å²) < 4.78 is 4.59. The summed E-state index contributed by atoms with van der Waals surface area (Å²) in [5.41, 5.74) is 1.68. The van der Waals surface area contributed by atoms with E-state index in [4.69, 9.17) is 0 Å². The average Bonchev–Trinajstić information content (AvgIpc) is 2.41. The molecule has 2 rings (SSSR count). The summed E-state index contributed by atoms with van der Waals surface area (Å²) in [7, 11) is 1.35. The molecule has 0 radical (unpaired) electrons. The van der Waals surface area contributed by atoms with Crippen molar-refractivity contribution in [2.75, 3.05) is 7.11 Å². The van der Waals surface area contributed by atoms with E-state index in [0.717, 1.165) is 5.56 Å². The van der Waals surface area contributed by atoms with Crippen LogP contribution < -0.4 is 5.32 Å². The molecule has 1 aliphatic heterocycles. The first-order chi connectivity index (χ1) is 8.70. The summed E-state index contributed by atoms with van der Waals surface area (Å²) in [6, 6.07) is 7.28. The van der Waals surface area contributed by atoms with E-state index in [0.29, 0.717) is 12.0 Å². The molecule has 0 saturated heterocycles. The van der Waals surface area contributed by atoms with Gasteiger partial charge in [-0.05, 0) is 18.1 Å². The van der Waals surface area contributed by atoms with Gasteiger partial charge in [-0.2, -0.15) is 0 Å². The van der Waals surface area contributed by atoms with Crippen molar-refractivity contribution in [3.63, 3.8) is 0 Å². The van der Waals surface area contributed by atoms with E-state index in [1.807, 2.05) is 32.0 Å². The van der Waals surface area contributed by atoms with E-state index in [1.54, 1.807) is 6.07 Å². The molecule has 1 aromatic rings. The maximum absolute atomic E-state index is 11.7. The number of fused-ring (bicyclic) bond motifs is 1. The minimum absolute atomic E-state index is 0.115. The van der Waals surface area contributed by atoms with Gasteiger partial charge in [-0.3, -0.25) is 9.59 Å². The molecule has 1 N–H and O–H groups in total. The molecule has 0 spiro atoms. The third-order valence-electron chi connectivity index (χ3n) is 2.70. The molecule has 18 heavy (non-hydrogen) atoms. The van der Waals surface area contributed by atoms with Crippen molar-refractivity contribution in [1.82, 2.24) is 5.32 Å². The molecule has 4 nitrogen and oxygen atoms in total. The number of nitrogens with one attached hydrogen (secondary N) is 1. The largest absolute Gasteiger partial charge is 0.469 e. The number of methoxy groups -OCH3 is 1. The minimum Gasteiger partial charge on any atom is -0.469 e. The normalized spacial score (nSPS) is 16.8. The molecule has 1 amide bonds. The molecule has 0 saturated carbocycles. The van der Waals surface area contributed by atoms with Gasteiger partial charge in [0.15, 0.2) is 0 Å². The fraction of sp³-hybridized carbons (Fsp3) is 0.429. The lowest BCUT2D eigenvalue weighted by atomic mass is 9.94. The SMILES string of the molecule is CC.COC(=O)CC1Cc2ccccc2C(=O)N1. The van der Waals surface area contributed by atoms with Gasteiger partial charge >= 0.3 is 5.97 Å². The average molecular weight is 249 g/mol. The molecule has 98 valence electrons. The van der Waals surface area contributed by atoms with Crippen LogP contribution in [0.4, 0.5) is 0 Å². The van der Waals surface area contributed by atoms with E-state index in [2.05, 4.69) is 10.1 Å². The smallest absolute Gasteiger partial charge is 0.307 e. The van der Waals surface area contributed by atoms with Crippen LogP contribution in [-0.2, 0) is 16.0 Å². The van der Waals surface area contributed by atoms with Gasteiger partial charge in [0.05, 0.1) is 13.5 Å². The number of ether oxygens (including phenoxy) is 1. The molecule has 0 aromatic heterocycles. The lowest BCUT2D eigenvalue weighted by Gasteiger charge is -2.24. The fourth-order valence-electron chi connectivity index (χ4n) is 1.91. The van der Waals surface area contributed by atoms with Crippen LogP contribution in [0.1, 0.15) is 36.2 Å². The van der Waals surface area contributed by atoms with Gasteiger partial charge in [-0.1, -0.05) is 32.0 Å². The van der Waals surface area contributed by atoms with Crippen molar-refractivity contribution < 1.29 is 14.3 Å². The first kappa shape index (κ1) is 14.2. The summed E-state index contributed by atoms with van der Waals surface area (Å²) in [5.74, 6) is -0.416. The molecule has 1 heterocycles. The number of esters is 1. The Morgan fingerprint density at radius 3 is 2.72 bits per heavy atom. The fourth-order valence-corrected chi connectivity index (χ4v) is 1.91. The number of hydrogen-bond donors (Lipinski definition) is 1. The topological polar surface area (TPSA) is 55.4 Å². The molecular formula is C14H19NO3. The highest BCUT2D eigenvalue weighted by molar-refractivity contribution is 5.97. The predicted octanol–water partition coefficient (Wildman–Crippen LogP) is 1.93. The maximum atomic E-state index is 11.7.